The number of carboxylic acids is 1. The van der Waals surface area contributed by atoms with Crippen LogP contribution in [0.4, 0.5) is 0 Å². The van der Waals surface area contributed by atoms with Crippen LogP contribution in [-0.2, 0) is 16.1 Å². The first-order valence-electron chi connectivity index (χ1n) is 11.4. The van der Waals surface area contributed by atoms with Gasteiger partial charge in [-0.1, -0.05) is 54.6 Å². The van der Waals surface area contributed by atoms with Gasteiger partial charge in [-0.3, -0.25) is 20.1 Å². The van der Waals surface area contributed by atoms with Crippen molar-refractivity contribution in [2.45, 2.75) is 12.6 Å². The molecule has 2 heterocycles. The molecule has 0 bridgehead atoms. The second-order valence-corrected chi connectivity index (χ2v) is 8.31. The molecule has 4 N–H and O–H groups in total. The number of hydrogen-bond donors (Lipinski definition) is 4. The summed E-state index contributed by atoms with van der Waals surface area (Å²) in [7, 11) is 0. The quantitative estimate of drug-likeness (QED) is 0.325. The van der Waals surface area contributed by atoms with E-state index in [2.05, 4.69) is 15.6 Å². The van der Waals surface area contributed by atoms with Crippen LogP contribution in [0.2, 0.25) is 0 Å². The average molecular weight is 494 g/mol. The maximum Gasteiger partial charge on any atom is 0.333 e. The van der Waals surface area contributed by atoms with Gasteiger partial charge in [0, 0.05) is 25.7 Å². The lowest BCUT2D eigenvalue weighted by atomic mass is 10.0. The molecule has 2 aromatic carbocycles. The number of nitrogens with one attached hydrogen (secondary N) is 2. The molecule has 188 valence electrons. The molecule has 1 aliphatic heterocycles. The van der Waals surface area contributed by atoms with Crippen molar-refractivity contribution in [1.82, 2.24) is 25.5 Å². The number of aliphatic hydroxyl groups is 1. The van der Waals surface area contributed by atoms with E-state index >= 15 is 0 Å². The molecule has 1 aliphatic rings. The Morgan fingerprint density at radius 2 is 1.72 bits per heavy atom. The number of H-pyrrole nitrogens is 1. The number of benzene rings is 2. The first-order valence-corrected chi connectivity index (χ1v) is 11.4. The molecule has 1 saturated heterocycles. The highest BCUT2D eigenvalue weighted by Gasteiger charge is 2.24. The summed E-state index contributed by atoms with van der Waals surface area (Å²) in [5, 5.41) is 26.9. The van der Waals surface area contributed by atoms with Crippen LogP contribution in [-0.4, -0.2) is 87.1 Å². The van der Waals surface area contributed by atoms with Gasteiger partial charge in [-0.15, -0.1) is 0 Å². The lowest BCUT2D eigenvalue weighted by Crippen LogP contribution is -2.47. The summed E-state index contributed by atoms with van der Waals surface area (Å²) in [5.41, 5.74) is 5.58. The maximum atomic E-state index is 12.8. The highest BCUT2D eigenvalue weighted by atomic mass is 16.5. The summed E-state index contributed by atoms with van der Waals surface area (Å²) in [6.07, 6.45) is -1.71. The minimum absolute atomic E-state index is 0.0286. The fourth-order valence-corrected chi connectivity index (χ4v) is 3.77. The lowest BCUT2D eigenvalue weighted by molar-refractivity contribution is -0.148. The topological polar surface area (TPSA) is 148 Å². The zero-order valence-corrected chi connectivity index (χ0v) is 19.5. The summed E-state index contributed by atoms with van der Waals surface area (Å²) in [6.45, 7) is 1.55. The van der Waals surface area contributed by atoms with Gasteiger partial charge in [-0.2, -0.15) is 5.10 Å². The predicted molar refractivity (Wildman–Crippen MR) is 129 cm³/mol. The number of aromatic nitrogens is 2. The van der Waals surface area contributed by atoms with E-state index in [0.29, 0.717) is 26.3 Å². The Hall–Kier alpha value is -4.06. The number of aliphatic carboxylic acids is 1. The predicted octanol–water partition coefficient (Wildman–Crippen LogP) is 1.14. The third-order valence-electron chi connectivity index (χ3n) is 5.71. The van der Waals surface area contributed by atoms with Crippen LogP contribution in [0.1, 0.15) is 26.5 Å². The van der Waals surface area contributed by atoms with E-state index in [9.17, 15) is 19.5 Å². The highest BCUT2D eigenvalue weighted by Crippen LogP contribution is 2.20. The molecule has 1 aromatic heterocycles. The zero-order valence-electron chi connectivity index (χ0n) is 19.5. The van der Waals surface area contributed by atoms with E-state index in [-0.39, 0.29) is 30.4 Å². The number of morpholine rings is 1. The monoisotopic (exact) mass is 493 g/mol. The number of nitrogens with zero attached hydrogens (tertiary/aromatic N) is 3. The summed E-state index contributed by atoms with van der Waals surface area (Å²) in [6, 6.07) is 18.7. The largest absolute Gasteiger partial charge is 0.479 e. The van der Waals surface area contributed by atoms with Gasteiger partial charge in [0.1, 0.15) is 5.69 Å². The minimum atomic E-state index is -1.71. The number of carbonyl (C=O) groups excluding carboxylic acids is 2. The van der Waals surface area contributed by atoms with Crippen molar-refractivity contribution in [3.05, 3.63) is 77.6 Å². The maximum absolute atomic E-state index is 12.8. The third-order valence-corrected chi connectivity index (χ3v) is 5.71. The van der Waals surface area contributed by atoms with Gasteiger partial charge in [0.25, 0.3) is 11.8 Å². The number of hydrogen-bond acceptors (Lipinski definition) is 7. The molecule has 3 aromatic rings. The smallest absolute Gasteiger partial charge is 0.333 e. The van der Waals surface area contributed by atoms with Crippen LogP contribution in [0.15, 0.2) is 60.7 Å². The van der Waals surface area contributed by atoms with Crippen molar-refractivity contribution in [1.29, 1.82) is 0 Å². The second kappa shape index (κ2) is 11.6. The molecule has 1 fully saturated rings. The van der Waals surface area contributed by atoms with Crippen molar-refractivity contribution >= 4 is 17.8 Å². The third kappa shape index (κ3) is 6.33. The van der Waals surface area contributed by atoms with Crippen LogP contribution >= 0.6 is 0 Å². The Kier molecular flexibility index (Phi) is 8.06. The van der Waals surface area contributed by atoms with Gasteiger partial charge >= 0.3 is 5.97 Å². The summed E-state index contributed by atoms with van der Waals surface area (Å²) >= 11 is 0. The lowest BCUT2D eigenvalue weighted by Gasteiger charge is -2.25. The van der Waals surface area contributed by atoms with Gasteiger partial charge in [-0.25, -0.2) is 9.80 Å². The molecule has 0 unspecified atom stereocenters. The van der Waals surface area contributed by atoms with Crippen molar-refractivity contribution in [3.8, 4) is 11.1 Å². The number of hydrazine groups is 1. The Morgan fingerprint density at radius 1 is 1.06 bits per heavy atom. The molecule has 4 rings (SSSR count). The number of carbonyl (C=O) groups is 3. The molecule has 36 heavy (non-hydrogen) atoms. The Labute approximate surface area is 207 Å². The van der Waals surface area contributed by atoms with Gasteiger partial charge in [0.2, 0.25) is 0 Å². The fraction of sp³-hybridized carbons (Fsp3) is 0.280. The van der Waals surface area contributed by atoms with Crippen molar-refractivity contribution < 1.29 is 29.3 Å². The number of rotatable bonds is 9. The van der Waals surface area contributed by atoms with E-state index in [4.69, 9.17) is 9.84 Å². The van der Waals surface area contributed by atoms with Crippen LogP contribution in [0.25, 0.3) is 11.1 Å². The van der Waals surface area contributed by atoms with Gasteiger partial charge in [0.05, 0.1) is 19.8 Å². The zero-order chi connectivity index (χ0) is 25.5. The fourth-order valence-electron chi connectivity index (χ4n) is 3.77. The van der Waals surface area contributed by atoms with Crippen LogP contribution < -0.4 is 5.43 Å². The highest BCUT2D eigenvalue weighted by molar-refractivity contribution is 5.97. The molecule has 0 radical (unpaired) electrons. The Morgan fingerprint density at radius 3 is 2.39 bits per heavy atom. The first kappa shape index (κ1) is 25.0. The number of amides is 2. The molecule has 0 saturated carbocycles. The molecule has 11 heteroatoms. The molecule has 0 aliphatic carbocycles. The molecular weight excluding hydrogens is 466 g/mol. The Balaban J connectivity index is 1.44. The summed E-state index contributed by atoms with van der Waals surface area (Å²) < 4.78 is 5.25. The van der Waals surface area contributed by atoms with E-state index in [0.717, 1.165) is 16.7 Å². The standard InChI is InChI=1S/C25H27N5O6/c31-22(25(34)35)16-30(15-17-6-8-19(9-7-17)18-4-2-1-3-5-18)28-23(32)20-14-21(27-26-20)24(33)29-10-12-36-13-11-29/h1-9,14,22,31H,10-13,15-16H2,(H,26,27)(H,28,32)(H,34,35)/t22-/m1/s1. The molecule has 0 spiro atoms. The Bertz CT molecular complexity index is 1190. The van der Waals surface area contributed by atoms with E-state index in [1.807, 2.05) is 54.6 Å². The summed E-state index contributed by atoms with van der Waals surface area (Å²) in [5.74, 6) is -2.35. The first-order chi connectivity index (χ1) is 17.4. The number of aliphatic hydroxyl groups excluding tert-OH is 1. The van der Waals surface area contributed by atoms with Gasteiger partial charge < -0.3 is 19.8 Å². The van der Waals surface area contributed by atoms with Gasteiger partial charge in [-0.05, 0) is 16.7 Å². The number of aromatic amines is 1. The molecule has 2 amide bonds. The van der Waals surface area contributed by atoms with Gasteiger partial charge in [0.15, 0.2) is 11.8 Å². The van der Waals surface area contributed by atoms with Crippen molar-refractivity contribution in [2.75, 3.05) is 32.8 Å². The SMILES string of the molecule is O=C(NN(Cc1ccc(-c2ccccc2)cc1)C[C@@H](O)C(=O)O)c1cc(C(=O)N2CCOCC2)n[nH]1. The van der Waals surface area contributed by atoms with E-state index in [1.165, 1.54) is 11.1 Å². The normalized spacial score (nSPS) is 14.4. The number of carboxylic acid groups (broad SMARTS) is 1. The molecule has 1 atom stereocenters. The van der Waals surface area contributed by atoms with Crippen molar-refractivity contribution in [2.24, 2.45) is 0 Å². The van der Waals surface area contributed by atoms with Crippen molar-refractivity contribution in [3.63, 3.8) is 0 Å². The van der Waals surface area contributed by atoms with E-state index in [1.54, 1.807) is 4.90 Å². The van der Waals surface area contributed by atoms with Crippen LogP contribution in [0, 0.1) is 0 Å². The molecule has 11 nitrogen and oxygen atoms in total. The second-order valence-electron chi connectivity index (χ2n) is 8.31. The van der Waals surface area contributed by atoms with Crippen LogP contribution in [0.3, 0.4) is 0 Å². The molecular formula is C25H27N5O6. The van der Waals surface area contributed by atoms with Crippen LogP contribution in [0.5, 0.6) is 0 Å². The summed E-state index contributed by atoms with van der Waals surface area (Å²) in [4.78, 5) is 38.3. The average Bonchev–Trinajstić information content (AvgIpc) is 3.40. The van der Waals surface area contributed by atoms with E-state index < -0.39 is 18.0 Å². The minimum Gasteiger partial charge on any atom is -0.479 e. The number of ether oxygens (including phenoxy) is 1.